The van der Waals surface area contributed by atoms with E-state index in [0.717, 1.165) is 31.8 Å². The Morgan fingerprint density at radius 2 is 2.22 bits per heavy atom. The molecule has 3 heterocycles. The highest BCUT2D eigenvalue weighted by Gasteiger charge is 2.37. The van der Waals surface area contributed by atoms with Gasteiger partial charge in [-0.05, 0) is 26.2 Å². The number of aromatic nitrogens is 2. The summed E-state index contributed by atoms with van der Waals surface area (Å²) >= 11 is 0. The fraction of sp³-hybridized carbons (Fsp3) is 0.706. The number of carbonyl (C=O) groups excluding carboxylic acids is 2. The number of likely N-dealkylation sites (tertiary alicyclic amines) is 1. The van der Waals surface area contributed by atoms with E-state index in [1.54, 1.807) is 0 Å². The molecule has 23 heavy (non-hydrogen) atoms. The van der Waals surface area contributed by atoms with Gasteiger partial charge in [-0.2, -0.15) is 0 Å². The van der Waals surface area contributed by atoms with Crippen LogP contribution in [0.5, 0.6) is 0 Å². The average Bonchev–Trinajstić information content (AvgIpc) is 3.12. The second-order valence-corrected chi connectivity index (χ2v) is 7.16. The summed E-state index contributed by atoms with van der Waals surface area (Å²) in [6, 6.07) is 0.169. The van der Waals surface area contributed by atoms with Gasteiger partial charge in [0.05, 0.1) is 5.92 Å². The van der Waals surface area contributed by atoms with Crippen molar-refractivity contribution in [3.05, 3.63) is 18.2 Å². The molecule has 0 aliphatic carbocycles. The zero-order valence-corrected chi connectivity index (χ0v) is 14.2. The molecular formula is C17H26N4O2. The Hall–Kier alpha value is -1.85. The third-order valence-electron chi connectivity index (χ3n) is 5.09. The summed E-state index contributed by atoms with van der Waals surface area (Å²) in [5.74, 6) is 1.60. The molecule has 6 heteroatoms. The number of imidazole rings is 1. The van der Waals surface area contributed by atoms with E-state index in [2.05, 4.69) is 9.55 Å². The smallest absolute Gasteiger partial charge is 0.227 e. The van der Waals surface area contributed by atoms with Gasteiger partial charge in [0.25, 0.3) is 0 Å². The number of aryl methyl sites for hydroxylation is 1. The van der Waals surface area contributed by atoms with E-state index in [-0.39, 0.29) is 23.8 Å². The van der Waals surface area contributed by atoms with Gasteiger partial charge >= 0.3 is 0 Å². The van der Waals surface area contributed by atoms with E-state index >= 15 is 0 Å². The molecule has 0 spiro atoms. The third-order valence-corrected chi connectivity index (χ3v) is 5.09. The first-order valence-electron chi connectivity index (χ1n) is 8.50. The number of rotatable bonds is 4. The number of hydrogen-bond donors (Lipinski definition) is 0. The molecule has 126 valence electrons. The Bertz CT molecular complexity index is 595. The molecule has 2 aliphatic heterocycles. The van der Waals surface area contributed by atoms with Gasteiger partial charge in [0.1, 0.15) is 5.82 Å². The van der Waals surface area contributed by atoms with Crippen LogP contribution < -0.4 is 0 Å². The molecule has 0 radical (unpaired) electrons. The van der Waals surface area contributed by atoms with E-state index in [1.165, 1.54) is 0 Å². The molecule has 2 aliphatic rings. The summed E-state index contributed by atoms with van der Waals surface area (Å²) < 4.78 is 2.19. The van der Waals surface area contributed by atoms with Gasteiger partial charge in [-0.1, -0.05) is 0 Å². The van der Waals surface area contributed by atoms with Crippen molar-refractivity contribution >= 4 is 11.8 Å². The van der Waals surface area contributed by atoms with Crippen LogP contribution in [-0.2, 0) is 22.6 Å². The normalized spacial score (nSPS) is 24.2. The average molecular weight is 318 g/mol. The number of hydrogen-bond acceptors (Lipinski definition) is 3. The molecule has 0 aromatic carbocycles. The predicted octanol–water partition coefficient (Wildman–Crippen LogP) is 1.16. The molecule has 2 amide bonds. The van der Waals surface area contributed by atoms with Crippen molar-refractivity contribution in [2.75, 3.05) is 20.1 Å². The lowest BCUT2D eigenvalue weighted by Gasteiger charge is -2.29. The predicted molar refractivity (Wildman–Crippen MR) is 86.6 cm³/mol. The maximum absolute atomic E-state index is 12.7. The molecule has 0 bridgehead atoms. The Morgan fingerprint density at radius 3 is 2.91 bits per heavy atom. The zero-order chi connectivity index (χ0) is 16.6. The third kappa shape index (κ3) is 3.26. The Labute approximate surface area is 137 Å². The maximum Gasteiger partial charge on any atom is 0.227 e. The van der Waals surface area contributed by atoms with Crippen molar-refractivity contribution < 1.29 is 9.59 Å². The minimum absolute atomic E-state index is 0.103. The summed E-state index contributed by atoms with van der Waals surface area (Å²) in [6.45, 7) is 6.29. The van der Waals surface area contributed by atoms with Crippen LogP contribution in [0.15, 0.2) is 12.4 Å². The molecule has 1 saturated heterocycles. The van der Waals surface area contributed by atoms with E-state index < -0.39 is 0 Å². The molecule has 6 nitrogen and oxygen atoms in total. The van der Waals surface area contributed by atoms with E-state index in [4.69, 9.17) is 0 Å². The van der Waals surface area contributed by atoms with Crippen molar-refractivity contribution in [2.45, 2.75) is 45.7 Å². The molecule has 0 N–H and O–H groups in total. The standard InChI is InChI=1S/C17H26N4O2/c1-12(2)21-11-14(9-16(21)22)17(23)19(3)10-13-4-6-20-7-5-18-15(20)8-13/h5,7,12-14H,4,6,8-11H2,1-3H3. The fourth-order valence-corrected chi connectivity index (χ4v) is 3.76. The molecule has 2 atom stereocenters. The lowest BCUT2D eigenvalue weighted by Crippen LogP contribution is -2.39. The van der Waals surface area contributed by atoms with Crippen LogP contribution in [0.3, 0.4) is 0 Å². The van der Waals surface area contributed by atoms with Gasteiger partial charge in [-0.3, -0.25) is 9.59 Å². The monoisotopic (exact) mass is 318 g/mol. The van der Waals surface area contributed by atoms with Gasteiger partial charge in [0, 0.05) is 58.0 Å². The van der Waals surface area contributed by atoms with Crippen molar-refractivity contribution in [3.63, 3.8) is 0 Å². The minimum Gasteiger partial charge on any atom is -0.345 e. The van der Waals surface area contributed by atoms with Gasteiger partial charge < -0.3 is 14.4 Å². The molecule has 2 unspecified atom stereocenters. The number of amides is 2. The van der Waals surface area contributed by atoms with Gasteiger partial charge in [0.15, 0.2) is 0 Å². The van der Waals surface area contributed by atoms with Crippen molar-refractivity contribution in [3.8, 4) is 0 Å². The molecular weight excluding hydrogens is 292 g/mol. The van der Waals surface area contributed by atoms with E-state index in [0.29, 0.717) is 18.9 Å². The summed E-state index contributed by atoms with van der Waals surface area (Å²) in [7, 11) is 1.87. The van der Waals surface area contributed by atoms with Crippen LogP contribution in [0.2, 0.25) is 0 Å². The Balaban J connectivity index is 1.56. The highest BCUT2D eigenvalue weighted by molar-refractivity contribution is 5.89. The van der Waals surface area contributed by atoms with Crippen LogP contribution in [0.25, 0.3) is 0 Å². The summed E-state index contributed by atoms with van der Waals surface area (Å²) in [5.41, 5.74) is 0. The quantitative estimate of drug-likeness (QED) is 0.837. The van der Waals surface area contributed by atoms with Gasteiger partial charge in [-0.15, -0.1) is 0 Å². The minimum atomic E-state index is -0.180. The summed E-state index contributed by atoms with van der Waals surface area (Å²) in [6.07, 6.45) is 6.22. The van der Waals surface area contributed by atoms with Crippen LogP contribution >= 0.6 is 0 Å². The molecule has 1 fully saturated rings. The highest BCUT2D eigenvalue weighted by Crippen LogP contribution is 2.24. The van der Waals surface area contributed by atoms with Crippen LogP contribution in [0, 0.1) is 11.8 Å². The Morgan fingerprint density at radius 1 is 1.43 bits per heavy atom. The van der Waals surface area contributed by atoms with Crippen LogP contribution in [0.4, 0.5) is 0 Å². The molecule has 1 aromatic heterocycles. The topological polar surface area (TPSA) is 58.4 Å². The van der Waals surface area contributed by atoms with Gasteiger partial charge in [0.2, 0.25) is 11.8 Å². The molecule has 0 saturated carbocycles. The number of nitrogens with zero attached hydrogens (tertiary/aromatic N) is 4. The Kier molecular flexibility index (Phi) is 4.41. The maximum atomic E-state index is 12.7. The lowest BCUT2D eigenvalue weighted by atomic mass is 9.96. The fourth-order valence-electron chi connectivity index (χ4n) is 3.76. The number of carbonyl (C=O) groups is 2. The molecule has 3 rings (SSSR count). The van der Waals surface area contributed by atoms with Gasteiger partial charge in [-0.25, -0.2) is 4.98 Å². The summed E-state index contributed by atoms with van der Waals surface area (Å²) in [4.78, 5) is 32.7. The second kappa shape index (κ2) is 6.34. The van der Waals surface area contributed by atoms with Crippen molar-refractivity contribution in [1.29, 1.82) is 0 Å². The van der Waals surface area contributed by atoms with Crippen molar-refractivity contribution in [2.24, 2.45) is 11.8 Å². The largest absolute Gasteiger partial charge is 0.345 e. The van der Waals surface area contributed by atoms with Crippen molar-refractivity contribution in [1.82, 2.24) is 19.4 Å². The van der Waals surface area contributed by atoms with Crippen LogP contribution in [0.1, 0.15) is 32.5 Å². The highest BCUT2D eigenvalue weighted by atomic mass is 16.2. The first-order valence-corrected chi connectivity index (χ1v) is 8.50. The lowest BCUT2D eigenvalue weighted by molar-refractivity contribution is -0.135. The SMILES string of the molecule is CC(C)N1CC(C(=O)N(C)CC2CCn3ccnc3C2)CC1=O. The van der Waals surface area contributed by atoms with E-state index in [9.17, 15) is 9.59 Å². The second-order valence-electron chi connectivity index (χ2n) is 7.16. The van der Waals surface area contributed by atoms with Crippen LogP contribution in [-0.4, -0.2) is 57.3 Å². The molecule has 1 aromatic rings. The first-order chi connectivity index (χ1) is 11.0. The first kappa shape index (κ1) is 16.0. The summed E-state index contributed by atoms with van der Waals surface area (Å²) in [5, 5.41) is 0. The number of fused-ring (bicyclic) bond motifs is 1. The zero-order valence-electron chi connectivity index (χ0n) is 14.2. The van der Waals surface area contributed by atoms with E-state index in [1.807, 2.05) is 43.1 Å².